The highest BCUT2D eigenvalue weighted by atomic mass is 16.5. The Kier molecular flexibility index (Phi) is 4.13. The van der Waals surface area contributed by atoms with E-state index in [2.05, 4.69) is 30.4 Å². The first kappa shape index (κ1) is 12.1. The highest BCUT2D eigenvalue weighted by molar-refractivity contribution is 5.20. The van der Waals surface area contributed by atoms with E-state index in [-0.39, 0.29) is 12.1 Å². The molecule has 1 aromatic carbocycles. The molecule has 1 aliphatic rings. The van der Waals surface area contributed by atoms with E-state index in [1.54, 1.807) is 0 Å². The fourth-order valence-electron chi connectivity index (χ4n) is 2.26. The summed E-state index contributed by atoms with van der Waals surface area (Å²) in [7, 11) is 0. The average Bonchev–Trinajstić information content (AvgIpc) is 2.76. The lowest BCUT2D eigenvalue weighted by atomic mass is 10.0. The van der Waals surface area contributed by atoms with E-state index < -0.39 is 0 Å². The molecular weight excluding hydrogens is 212 g/mol. The number of nitrogens with one attached hydrogen (secondary N) is 1. The van der Waals surface area contributed by atoms with E-state index in [1.165, 1.54) is 5.56 Å². The zero-order chi connectivity index (χ0) is 12.1. The SMILES string of the molecule is CC1OCCC1NC(CC#N)c1ccccc1. The van der Waals surface area contributed by atoms with Gasteiger partial charge in [0, 0.05) is 18.7 Å². The van der Waals surface area contributed by atoms with Gasteiger partial charge in [0.05, 0.1) is 18.6 Å². The van der Waals surface area contributed by atoms with Gasteiger partial charge in [-0.1, -0.05) is 30.3 Å². The summed E-state index contributed by atoms with van der Waals surface area (Å²) in [6.45, 7) is 2.89. The summed E-state index contributed by atoms with van der Waals surface area (Å²) >= 11 is 0. The van der Waals surface area contributed by atoms with Crippen molar-refractivity contribution in [2.24, 2.45) is 0 Å². The van der Waals surface area contributed by atoms with Crippen LogP contribution in [-0.2, 0) is 4.74 Å². The predicted octanol–water partition coefficient (Wildman–Crippen LogP) is 2.41. The molecule has 1 heterocycles. The van der Waals surface area contributed by atoms with Gasteiger partial charge in [0.2, 0.25) is 0 Å². The lowest BCUT2D eigenvalue weighted by Crippen LogP contribution is -2.37. The van der Waals surface area contributed by atoms with Crippen LogP contribution in [0.2, 0.25) is 0 Å². The maximum Gasteiger partial charge on any atom is 0.0700 e. The largest absolute Gasteiger partial charge is 0.377 e. The molecule has 0 aromatic heterocycles. The highest BCUT2D eigenvalue weighted by Crippen LogP contribution is 2.21. The van der Waals surface area contributed by atoms with Crippen LogP contribution in [0, 0.1) is 11.3 Å². The van der Waals surface area contributed by atoms with E-state index in [4.69, 9.17) is 10.00 Å². The molecule has 0 spiro atoms. The summed E-state index contributed by atoms with van der Waals surface area (Å²) in [5.74, 6) is 0. The second kappa shape index (κ2) is 5.81. The molecule has 1 N–H and O–H groups in total. The molecule has 17 heavy (non-hydrogen) atoms. The molecule has 90 valence electrons. The van der Waals surface area contributed by atoms with Gasteiger partial charge in [-0.3, -0.25) is 0 Å². The highest BCUT2D eigenvalue weighted by Gasteiger charge is 2.26. The van der Waals surface area contributed by atoms with Crippen LogP contribution < -0.4 is 5.32 Å². The average molecular weight is 230 g/mol. The first-order chi connectivity index (χ1) is 8.31. The monoisotopic (exact) mass is 230 g/mol. The number of hydrogen-bond acceptors (Lipinski definition) is 3. The number of nitriles is 1. The number of rotatable bonds is 4. The Morgan fingerprint density at radius 2 is 2.24 bits per heavy atom. The van der Waals surface area contributed by atoms with E-state index in [0.717, 1.165) is 13.0 Å². The van der Waals surface area contributed by atoms with E-state index in [9.17, 15) is 0 Å². The minimum Gasteiger partial charge on any atom is -0.377 e. The van der Waals surface area contributed by atoms with Gasteiger partial charge in [0.25, 0.3) is 0 Å². The molecule has 1 saturated heterocycles. The molecule has 2 rings (SSSR count). The van der Waals surface area contributed by atoms with Gasteiger partial charge in [-0.2, -0.15) is 5.26 Å². The Morgan fingerprint density at radius 1 is 1.47 bits per heavy atom. The molecule has 0 amide bonds. The van der Waals surface area contributed by atoms with Crippen LogP contribution >= 0.6 is 0 Å². The maximum atomic E-state index is 8.92. The van der Waals surface area contributed by atoms with Gasteiger partial charge in [-0.05, 0) is 18.9 Å². The topological polar surface area (TPSA) is 45.0 Å². The van der Waals surface area contributed by atoms with Crippen LogP contribution in [0.25, 0.3) is 0 Å². The normalized spacial score (nSPS) is 25.4. The standard InChI is InChI=1S/C14H18N2O/c1-11-13(8-10-17-11)16-14(7-9-15)12-5-3-2-4-6-12/h2-6,11,13-14,16H,7-8,10H2,1H3. The first-order valence-electron chi connectivity index (χ1n) is 6.11. The van der Waals surface area contributed by atoms with Crippen molar-refractivity contribution in [1.29, 1.82) is 5.26 Å². The number of ether oxygens (including phenoxy) is 1. The summed E-state index contributed by atoms with van der Waals surface area (Å²) in [6.07, 6.45) is 1.75. The smallest absolute Gasteiger partial charge is 0.0700 e. The minimum absolute atomic E-state index is 0.107. The maximum absolute atomic E-state index is 8.92. The van der Waals surface area contributed by atoms with Gasteiger partial charge in [0.15, 0.2) is 0 Å². The summed E-state index contributed by atoms with van der Waals surface area (Å²) in [5.41, 5.74) is 1.17. The van der Waals surface area contributed by atoms with Crippen LogP contribution in [0.1, 0.15) is 31.4 Å². The molecule has 0 aliphatic carbocycles. The van der Waals surface area contributed by atoms with Crippen molar-refractivity contribution in [3.8, 4) is 6.07 Å². The second-order valence-electron chi connectivity index (χ2n) is 4.46. The molecule has 1 aromatic rings. The zero-order valence-corrected chi connectivity index (χ0v) is 10.1. The molecule has 0 radical (unpaired) electrons. The molecule has 3 heteroatoms. The van der Waals surface area contributed by atoms with Crippen molar-refractivity contribution in [1.82, 2.24) is 5.32 Å². The fourth-order valence-corrected chi connectivity index (χ4v) is 2.26. The first-order valence-corrected chi connectivity index (χ1v) is 6.11. The third-order valence-corrected chi connectivity index (χ3v) is 3.29. The van der Waals surface area contributed by atoms with Gasteiger partial charge < -0.3 is 10.1 Å². The molecule has 1 fully saturated rings. The third-order valence-electron chi connectivity index (χ3n) is 3.29. The van der Waals surface area contributed by atoms with Crippen molar-refractivity contribution in [2.75, 3.05) is 6.61 Å². The molecule has 0 bridgehead atoms. The van der Waals surface area contributed by atoms with Gasteiger partial charge in [0.1, 0.15) is 0 Å². The van der Waals surface area contributed by atoms with Gasteiger partial charge >= 0.3 is 0 Å². The van der Waals surface area contributed by atoms with Crippen LogP contribution in [0.4, 0.5) is 0 Å². The van der Waals surface area contributed by atoms with Crippen LogP contribution in [-0.4, -0.2) is 18.8 Å². The van der Waals surface area contributed by atoms with Crippen LogP contribution in [0.3, 0.4) is 0 Å². The van der Waals surface area contributed by atoms with Crippen molar-refractivity contribution >= 4 is 0 Å². The summed E-state index contributed by atoms with van der Waals surface area (Å²) in [4.78, 5) is 0. The Balaban J connectivity index is 2.05. The zero-order valence-electron chi connectivity index (χ0n) is 10.1. The Hall–Kier alpha value is -1.37. The fraction of sp³-hybridized carbons (Fsp3) is 0.500. The lowest BCUT2D eigenvalue weighted by molar-refractivity contribution is 0.111. The van der Waals surface area contributed by atoms with E-state index >= 15 is 0 Å². The third kappa shape index (κ3) is 3.06. The van der Waals surface area contributed by atoms with Crippen LogP contribution in [0.15, 0.2) is 30.3 Å². The second-order valence-corrected chi connectivity index (χ2v) is 4.46. The molecule has 3 atom stereocenters. The quantitative estimate of drug-likeness (QED) is 0.864. The van der Waals surface area contributed by atoms with Gasteiger partial charge in [-0.15, -0.1) is 0 Å². The van der Waals surface area contributed by atoms with Crippen molar-refractivity contribution in [2.45, 2.75) is 38.0 Å². The summed E-state index contributed by atoms with van der Waals surface area (Å²) < 4.78 is 5.53. The summed E-state index contributed by atoms with van der Waals surface area (Å²) in [6, 6.07) is 12.9. The van der Waals surface area contributed by atoms with E-state index in [0.29, 0.717) is 12.5 Å². The molecular formula is C14H18N2O. The van der Waals surface area contributed by atoms with Crippen LogP contribution in [0.5, 0.6) is 0 Å². The number of hydrogen-bond donors (Lipinski definition) is 1. The Morgan fingerprint density at radius 3 is 2.82 bits per heavy atom. The van der Waals surface area contributed by atoms with E-state index in [1.807, 2.05) is 18.2 Å². The Labute approximate surface area is 102 Å². The Bertz CT molecular complexity index is 385. The number of benzene rings is 1. The molecule has 0 saturated carbocycles. The molecule has 3 nitrogen and oxygen atoms in total. The molecule has 1 aliphatic heterocycles. The molecule has 3 unspecified atom stereocenters. The van der Waals surface area contributed by atoms with Crippen molar-refractivity contribution in [3.05, 3.63) is 35.9 Å². The van der Waals surface area contributed by atoms with Crippen molar-refractivity contribution < 1.29 is 4.74 Å². The summed E-state index contributed by atoms with van der Waals surface area (Å²) in [5, 5.41) is 12.5. The lowest BCUT2D eigenvalue weighted by Gasteiger charge is -2.23. The number of nitrogens with zero attached hydrogens (tertiary/aromatic N) is 1. The van der Waals surface area contributed by atoms with Gasteiger partial charge in [-0.25, -0.2) is 0 Å². The predicted molar refractivity (Wildman–Crippen MR) is 66.4 cm³/mol. The minimum atomic E-state index is 0.107. The van der Waals surface area contributed by atoms with Crippen molar-refractivity contribution in [3.63, 3.8) is 0 Å².